The van der Waals surface area contributed by atoms with Gasteiger partial charge < -0.3 is 14.8 Å². The van der Waals surface area contributed by atoms with Crippen LogP contribution in [0.4, 0.5) is 5.82 Å². The molecule has 0 aliphatic carbocycles. The fraction of sp³-hybridized carbons (Fsp3) is 0.200. The molecule has 26 heavy (non-hydrogen) atoms. The number of hydrogen-bond donors (Lipinski definition) is 1. The van der Waals surface area contributed by atoms with E-state index in [0.717, 1.165) is 16.9 Å². The van der Waals surface area contributed by atoms with E-state index in [1.54, 1.807) is 30.0 Å². The summed E-state index contributed by atoms with van der Waals surface area (Å²) in [4.78, 5) is 12.7. The van der Waals surface area contributed by atoms with Gasteiger partial charge in [-0.05, 0) is 44.2 Å². The summed E-state index contributed by atoms with van der Waals surface area (Å²) in [6.45, 7) is 3.91. The highest BCUT2D eigenvalue weighted by atomic mass is 16.5. The number of rotatable bonds is 5. The fourth-order valence-corrected chi connectivity index (χ4v) is 2.64. The van der Waals surface area contributed by atoms with E-state index in [9.17, 15) is 4.79 Å². The number of hydrogen-bond acceptors (Lipinski definition) is 4. The lowest BCUT2D eigenvalue weighted by molar-refractivity contribution is 0.102. The van der Waals surface area contributed by atoms with Crippen LogP contribution in [0.1, 0.15) is 21.6 Å². The standard InChI is InChI=1S/C20H21N3O3/c1-13-5-8-16(9-6-13)23-19(11-14(2)22-23)21-20(24)15-7-10-17(25-3)18(12-15)26-4/h5-12H,1-4H3,(H,21,24). The summed E-state index contributed by atoms with van der Waals surface area (Å²) in [6.07, 6.45) is 0. The Bertz CT molecular complexity index is 930. The van der Waals surface area contributed by atoms with E-state index in [-0.39, 0.29) is 5.91 Å². The van der Waals surface area contributed by atoms with Crippen LogP contribution in [0.5, 0.6) is 11.5 Å². The maximum atomic E-state index is 12.7. The molecule has 1 amide bonds. The third-order valence-corrected chi connectivity index (χ3v) is 4.00. The van der Waals surface area contributed by atoms with Gasteiger partial charge in [0.15, 0.2) is 11.5 Å². The van der Waals surface area contributed by atoms with E-state index < -0.39 is 0 Å². The lowest BCUT2D eigenvalue weighted by Gasteiger charge is -2.11. The van der Waals surface area contributed by atoms with Gasteiger partial charge in [0.2, 0.25) is 0 Å². The highest BCUT2D eigenvalue weighted by molar-refractivity contribution is 6.04. The summed E-state index contributed by atoms with van der Waals surface area (Å²) in [5.41, 5.74) is 3.32. The SMILES string of the molecule is COc1ccc(C(=O)Nc2cc(C)nn2-c2ccc(C)cc2)cc1OC. The van der Waals surface area contributed by atoms with Gasteiger partial charge in [0, 0.05) is 11.6 Å². The minimum atomic E-state index is -0.251. The number of ether oxygens (including phenoxy) is 2. The Hall–Kier alpha value is -3.28. The molecule has 0 saturated heterocycles. The van der Waals surface area contributed by atoms with Crippen molar-refractivity contribution < 1.29 is 14.3 Å². The first-order chi connectivity index (χ1) is 12.5. The molecule has 1 aromatic heterocycles. The first-order valence-electron chi connectivity index (χ1n) is 8.19. The summed E-state index contributed by atoms with van der Waals surface area (Å²) in [5, 5.41) is 7.39. The molecule has 6 nitrogen and oxygen atoms in total. The van der Waals surface area contributed by atoms with Crippen molar-refractivity contribution >= 4 is 11.7 Å². The van der Waals surface area contributed by atoms with Crippen molar-refractivity contribution in [2.75, 3.05) is 19.5 Å². The maximum absolute atomic E-state index is 12.7. The van der Waals surface area contributed by atoms with Crippen LogP contribution < -0.4 is 14.8 Å². The minimum Gasteiger partial charge on any atom is -0.493 e. The average molecular weight is 351 g/mol. The molecule has 0 atom stereocenters. The molecule has 3 aromatic rings. The van der Waals surface area contributed by atoms with Crippen molar-refractivity contribution in [2.24, 2.45) is 0 Å². The summed E-state index contributed by atoms with van der Waals surface area (Å²) in [6, 6.07) is 14.8. The van der Waals surface area contributed by atoms with E-state index in [0.29, 0.717) is 22.9 Å². The van der Waals surface area contributed by atoms with Gasteiger partial charge >= 0.3 is 0 Å². The second kappa shape index (κ2) is 7.31. The fourth-order valence-electron chi connectivity index (χ4n) is 2.64. The van der Waals surface area contributed by atoms with Crippen LogP contribution in [0.2, 0.25) is 0 Å². The number of methoxy groups -OCH3 is 2. The maximum Gasteiger partial charge on any atom is 0.256 e. The average Bonchev–Trinajstić information content (AvgIpc) is 3.01. The zero-order valence-corrected chi connectivity index (χ0v) is 15.2. The smallest absolute Gasteiger partial charge is 0.256 e. The zero-order chi connectivity index (χ0) is 18.7. The van der Waals surface area contributed by atoms with Crippen molar-refractivity contribution in [3.63, 3.8) is 0 Å². The molecule has 1 heterocycles. The number of anilines is 1. The van der Waals surface area contributed by atoms with Crippen molar-refractivity contribution in [1.29, 1.82) is 0 Å². The Balaban J connectivity index is 1.89. The summed E-state index contributed by atoms with van der Waals surface area (Å²) < 4.78 is 12.2. The number of nitrogens with one attached hydrogen (secondary N) is 1. The van der Waals surface area contributed by atoms with Crippen LogP contribution in [-0.4, -0.2) is 29.9 Å². The monoisotopic (exact) mass is 351 g/mol. The predicted molar refractivity (Wildman–Crippen MR) is 101 cm³/mol. The molecule has 0 spiro atoms. The van der Waals surface area contributed by atoms with Gasteiger partial charge in [-0.15, -0.1) is 0 Å². The normalized spacial score (nSPS) is 10.5. The second-order valence-electron chi connectivity index (χ2n) is 5.94. The number of carbonyl (C=O) groups excluding carboxylic acids is 1. The molecular formula is C20H21N3O3. The molecule has 3 rings (SSSR count). The largest absolute Gasteiger partial charge is 0.493 e. The molecule has 0 saturated carbocycles. The molecule has 134 valence electrons. The van der Waals surface area contributed by atoms with Gasteiger partial charge in [-0.2, -0.15) is 5.10 Å². The Morgan fingerprint density at radius 1 is 0.962 bits per heavy atom. The lowest BCUT2D eigenvalue weighted by Crippen LogP contribution is -2.15. The van der Waals surface area contributed by atoms with Crippen molar-refractivity contribution in [3.05, 3.63) is 65.4 Å². The van der Waals surface area contributed by atoms with Crippen LogP contribution in [0, 0.1) is 13.8 Å². The third-order valence-electron chi connectivity index (χ3n) is 4.00. The predicted octanol–water partition coefficient (Wildman–Crippen LogP) is 3.76. The van der Waals surface area contributed by atoms with E-state index in [2.05, 4.69) is 10.4 Å². The first kappa shape index (κ1) is 17.5. The van der Waals surface area contributed by atoms with Crippen molar-refractivity contribution in [1.82, 2.24) is 9.78 Å². The first-order valence-corrected chi connectivity index (χ1v) is 8.19. The molecule has 2 aromatic carbocycles. The Labute approximate surface area is 152 Å². The quantitative estimate of drug-likeness (QED) is 0.760. The van der Waals surface area contributed by atoms with Gasteiger partial charge in [-0.3, -0.25) is 4.79 Å². The van der Waals surface area contributed by atoms with Gasteiger partial charge in [-0.25, -0.2) is 4.68 Å². The minimum absolute atomic E-state index is 0.251. The zero-order valence-electron chi connectivity index (χ0n) is 15.2. The van der Waals surface area contributed by atoms with Crippen LogP contribution in [0.3, 0.4) is 0 Å². The van der Waals surface area contributed by atoms with Crippen LogP contribution in [0.15, 0.2) is 48.5 Å². The number of aromatic nitrogens is 2. The number of nitrogens with zero attached hydrogens (tertiary/aromatic N) is 2. The molecule has 1 N–H and O–H groups in total. The molecule has 0 radical (unpaired) electrons. The Morgan fingerprint density at radius 3 is 2.31 bits per heavy atom. The molecule has 0 fully saturated rings. The molecule has 0 aliphatic rings. The number of benzene rings is 2. The summed E-state index contributed by atoms with van der Waals surface area (Å²) >= 11 is 0. The lowest BCUT2D eigenvalue weighted by atomic mass is 10.2. The molecular weight excluding hydrogens is 330 g/mol. The van der Waals surface area contributed by atoms with E-state index in [1.807, 2.05) is 44.2 Å². The molecule has 6 heteroatoms. The number of amides is 1. The summed E-state index contributed by atoms with van der Waals surface area (Å²) in [7, 11) is 3.09. The van der Waals surface area contributed by atoms with E-state index >= 15 is 0 Å². The topological polar surface area (TPSA) is 65.4 Å². The highest BCUT2D eigenvalue weighted by Gasteiger charge is 2.14. The van der Waals surface area contributed by atoms with Crippen LogP contribution in [-0.2, 0) is 0 Å². The van der Waals surface area contributed by atoms with E-state index in [4.69, 9.17) is 9.47 Å². The number of aryl methyl sites for hydroxylation is 2. The van der Waals surface area contributed by atoms with Crippen LogP contribution in [0.25, 0.3) is 5.69 Å². The van der Waals surface area contributed by atoms with Crippen molar-refractivity contribution in [2.45, 2.75) is 13.8 Å². The molecule has 0 bridgehead atoms. The highest BCUT2D eigenvalue weighted by Crippen LogP contribution is 2.28. The van der Waals surface area contributed by atoms with Crippen LogP contribution >= 0.6 is 0 Å². The number of carbonyl (C=O) groups is 1. The Kier molecular flexibility index (Phi) is 4.93. The van der Waals surface area contributed by atoms with Gasteiger partial charge in [0.05, 0.1) is 25.6 Å². The van der Waals surface area contributed by atoms with Crippen molar-refractivity contribution in [3.8, 4) is 17.2 Å². The van der Waals surface area contributed by atoms with Gasteiger partial charge in [-0.1, -0.05) is 17.7 Å². The van der Waals surface area contributed by atoms with Gasteiger partial charge in [0.25, 0.3) is 5.91 Å². The molecule has 0 aliphatic heterocycles. The Morgan fingerprint density at radius 2 is 1.65 bits per heavy atom. The second-order valence-corrected chi connectivity index (χ2v) is 5.94. The van der Waals surface area contributed by atoms with E-state index in [1.165, 1.54) is 7.11 Å². The van der Waals surface area contributed by atoms with Gasteiger partial charge in [0.1, 0.15) is 5.82 Å². The molecule has 0 unspecified atom stereocenters. The third kappa shape index (κ3) is 3.54. The summed E-state index contributed by atoms with van der Waals surface area (Å²) in [5.74, 6) is 1.43.